The van der Waals surface area contributed by atoms with Crippen molar-refractivity contribution in [3.63, 3.8) is 0 Å². The summed E-state index contributed by atoms with van der Waals surface area (Å²) >= 11 is 0. The van der Waals surface area contributed by atoms with Crippen LogP contribution in [0.2, 0.25) is 0 Å². The van der Waals surface area contributed by atoms with E-state index in [9.17, 15) is 4.79 Å². The zero-order valence-electron chi connectivity index (χ0n) is 12.5. The Balaban J connectivity index is 2.28. The Bertz CT molecular complexity index is 650. The molecule has 0 atom stereocenters. The Labute approximate surface area is 123 Å². The van der Waals surface area contributed by atoms with Crippen LogP contribution in [-0.2, 0) is 4.74 Å². The number of hydrazine groups is 1. The molecule has 112 valence electrons. The van der Waals surface area contributed by atoms with E-state index in [1.807, 2.05) is 32.0 Å². The molecular formula is C15H19N3O3. The van der Waals surface area contributed by atoms with E-state index in [1.165, 1.54) is 7.11 Å². The lowest BCUT2D eigenvalue weighted by molar-refractivity contribution is 0.173. The van der Waals surface area contributed by atoms with Crippen molar-refractivity contribution in [1.82, 2.24) is 10.4 Å². The number of hydrogen-bond donors (Lipinski definition) is 3. The van der Waals surface area contributed by atoms with Gasteiger partial charge in [0.2, 0.25) is 0 Å². The van der Waals surface area contributed by atoms with Gasteiger partial charge in [0, 0.05) is 28.6 Å². The first kappa shape index (κ1) is 14.8. The number of carbonyl (C=O) groups excluding carboxylic acids is 1. The predicted octanol–water partition coefficient (Wildman–Crippen LogP) is 2.99. The van der Waals surface area contributed by atoms with Crippen LogP contribution in [0.5, 0.6) is 5.75 Å². The molecule has 2 rings (SSSR count). The highest BCUT2D eigenvalue weighted by atomic mass is 16.5. The van der Waals surface area contributed by atoms with Crippen LogP contribution < -0.4 is 15.6 Å². The van der Waals surface area contributed by atoms with E-state index in [4.69, 9.17) is 4.74 Å². The summed E-state index contributed by atoms with van der Waals surface area (Å²) in [5, 5.41) is 0. The van der Waals surface area contributed by atoms with Gasteiger partial charge in [-0.15, -0.1) is 0 Å². The van der Waals surface area contributed by atoms with E-state index in [2.05, 4.69) is 26.6 Å². The lowest BCUT2D eigenvalue weighted by Crippen LogP contribution is -2.28. The van der Waals surface area contributed by atoms with Crippen molar-refractivity contribution >= 4 is 11.8 Å². The van der Waals surface area contributed by atoms with Gasteiger partial charge in [-0.2, -0.15) is 0 Å². The molecule has 0 unspecified atom stereocenters. The first-order valence-corrected chi connectivity index (χ1v) is 6.49. The number of benzene rings is 1. The minimum atomic E-state index is -0.560. The molecule has 1 aromatic carbocycles. The molecule has 0 bridgehead atoms. The maximum absolute atomic E-state index is 11.0. The highest BCUT2D eigenvalue weighted by molar-refractivity contribution is 5.76. The molecule has 0 spiro atoms. The normalized spacial score (nSPS) is 10.1. The lowest BCUT2D eigenvalue weighted by Gasteiger charge is -2.12. The van der Waals surface area contributed by atoms with E-state index in [-0.39, 0.29) is 0 Å². The van der Waals surface area contributed by atoms with Crippen LogP contribution >= 0.6 is 0 Å². The van der Waals surface area contributed by atoms with Crippen LogP contribution in [0.25, 0.3) is 11.1 Å². The molecule has 0 radical (unpaired) electrons. The third-order valence-corrected chi connectivity index (χ3v) is 3.14. The van der Waals surface area contributed by atoms with Crippen molar-refractivity contribution in [2.75, 3.05) is 19.6 Å². The second kappa shape index (κ2) is 6.21. The summed E-state index contributed by atoms with van der Waals surface area (Å²) in [6.07, 6.45) is -0.560. The fourth-order valence-corrected chi connectivity index (χ4v) is 2.17. The zero-order valence-corrected chi connectivity index (χ0v) is 12.5. The van der Waals surface area contributed by atoms with Crippen molar-refractivity contribution < 1.29 is 14.3 Å². The third kappa shape index (κ3) is 3.28. The quantitative estimate of drug-likeness (QED) is 0.756. The summed E-state index contributed by atoms with van der Waals surface area (Å²) < 4.78 is 9.93. The van der Waals surface area contributed by atoms with Gasteiger partial charge in [-0.3, -0.25) is 5.43 Å². The summed E-state index contributed by atoms with van der Waals surface area (Å²) in [4.78, 5) is 14.3. The summed E-state index contributed by atoms with van der Waals surface area (Å²) in [6, 6.07) is 7.69. The number of amides is 1. The average Bonchev–Trinajstić information content (AvgIpc) is 2.82. The highest BCUT2D eigenvalue weighted by Gasteiger charge is 2.11. The summed E-state index contributed by atoms with van der Waals surface area (Å²) in [5.74, 6) is 0.716. The SMILES string of the molecule is COC(=O)NNc1ccc(-c2cc(C)[nH]c2C)c(OC)c1. The molecule has 0 aliphatic rings. The monoisotopic (exact) mass is 289 g/mol. The Morgan fingerprint density at radius 2 is 1.90 bits per heavy atom. The molecule has 21 heavy (non-hydrogen) atoms. The smallest absolute Gasteiger partial charge is 0.425 e. The lowest BCUT2D eigenvalue weighted by atomic mass is 10.0. The van der Waals surface area contributed by atoms with Crippen LogP contribution in [0, 0.1) is 13.8 Å². The Morgan fingerprint density at radius 3 is 2.48 bits per heavy atom. The first-order chi connectivity index (χ1) is 10.0. The number of ether oxygens (including phenoxy) is 2. The van der Waals surface area contributed by atoms with E-state index >= 15 is 0 Å². The largest absolute Gasteiger partial charge is 0.496 e. The molecule has 1 amide bonds. The maximum atomic E-state index is 11.0. The van der Waals surface area contributed by atoms with Crippen LogP contribution in [0.15, 0.2) is 24.3 Å². The van der Waals surface area contributed by atoms with E-state index in [0.29, 0.717) is 11.4 Å². The molecule has 6 nitrogen and oxygen atoms in total. The van der Waals surface area contributed by atoms with Gasteiger partial charge in [0.1, 0.15) is 5.75 Å². The summed E-state index contributed by atoms with van der Waals surface area (Å²) in [6.45, 7) is 4.03. The van der Waals surface area contributed by atoms with Crippen molar-refractivity contribution in [3.8, 4) is 16.9 Å². The standard InChI is InChI=1S/C15H19N3O3/c1-9-7-13(10(2)16-9)12-6-5-11(8-14(12)20-3)17-18-15(19)21-4/h5-8,16-17H,1-4H3,(H,18,19). The Hall–Kier alpha value is -2.63. The molecule has 1 heterocycles. The van der Waals surface area contributed by atoms with Gasteiger partial charge in [0.15, 0.2) is 0 Å². The molecule has 3 N–H and O–H groups in total. The van der Waals surface area contributed by atoms with Crippen LogP contribution in [0.3, 0.4) is 0 Å². The van der Waals surface area contributed by atoms with Crippen molar-refractivity contribution in [1.29, 1.82) is 0 Å². The number of aryl methyl sites for hydroxylation is 2. The maximum Gasteiger partial charge on any atom is 0.425 e. The van der Waals surface area contributed by atoms with Crippen LogP contribution in [-0.4, -0.2) is 25.3 Å². The van der Waals surface area contributed by atoms with E-state index in [0.717, 1.165) is 22.5 Å². The predicted molar refractivity (Wildman–Crippen MR) is 81.4 cm³/mol. The van der Waals surface area contributed by atoms with E-state index < -0.39 is 6.09 Å². The average molecular weight is 289 g/mol. The van der Waals surface area contributed by atoms with Gasteiger partial charge in [0.05, 0.1) is 19.9 Å². The molecule has 0 fully saturated rings. The van der Waals surface area contributed by atoms with Gasteiger partial charge < -0.3 is 14.5 Å². The molecule has 2 aromatic rings. The number of carbonyl (C=O) groups is 1. The minimum absolute atomic E-state index is 0.560. The number of aromatic nitrogens is 1. The number of methoxy groups -OCH3 is 2. The highest BCUT2D eigenvalue weighted by Crippen LogP contribution is 2.34. The number of rotatable bonds is 4. The Morgan fingerprint density at radius 1 is 1.14 bits per heavy atom. The van der Waals surface area contributed by atoms with Crippen molar-refractivity contribution in [2.24, 2.45) is 0 Å². The number of aromatic amines is 1. The van der Waals surface area contributed by atoms with Crippen LogP contribution in [0.1, 0.15) is 11.4 Å². The molecule has 1 aromatic heterocycles. The Kier molecular flexibility index (Phi) is 4.37. The van der Waals surface area contributed by atoms with Crippen molar-refractivity contribution in [3.05, 3.63) is 35.7 Å². The number of anilines is 1. The topological polar surface area (TPSA) is 75.4 Å². The second-order valence-electron chi connectivity index (χ2n) is 4.65. The number of hydrogen-bond acceptors (Lipinski definition) is 4. The molecule has 0 aliphatic carbocycles. The fraction of sp³-hybridized carbons (Fsp3) is 0.267. The minimum Gasteiger partial charge on any atom is -0.496 e. The van der Waals surface area contributed by atoms with E-state index in [1.54, 1.807) is 7.11 Å². The number of H-pyrrole nitrogens is 1. The fourth-order valence-electron chi connectivity index (χ4n) is 2.17. The van der Waals surface area contributed by atoms with Gasteiger partial charge in [0.25, 0.3) is 0 Å². The van der Waals surface area contributed by atoms with Gasteiger partial charge in [-0.25, -0.2) is 10.2 Å². The second-order valence-corrected chi connectivity index (χ2v) is 4.65. The van der Waals surface area contributed by atoms with Crippen LogP contribution in [0.4, 0.5) is 10.5 Å². The van der Waals surface area contributed by atoms with Gasteiger partial charge in [-0.05, 0) is 32.0 Å². The van der Waals surface area contributed by atoms with Gasteiger partial charge in [-0.1, -0.05) is 0 Å². The molecular weight excluding hydrogens is 270 g/mol. The zero-order chi connectivity index (χ0) is 15.4. The molecule has 6 heteroatoms. The van der Waals surface area contributed by atoms with Crippen molar-refractivity contribution in [2.45, 2.75) is 13.8 Å². The molecule has 0 saturated heterocycles. The van der Waals surface area contributed by atoms with Gasteiger partial charge >= 0.3 is 6.09 Å². The third-order valence-electron chi connectivity index (χ3n) is 3.14. The molecule has 0 aliphatic heterocycles. The number of nitrogens with one attached hydrogen (secondary N) is 3. The first-order valence-electron chi connectivity index (χ1n) is 6.49. The summed E-state index contributed by atoms with van der Waals surface area (Å²) in [7, 11) is 2.92. The summed E-state index contributed by atoms with van der Waals surface area (Å²) in [5.41, 5.74) is 10.1. The molecule has 0 saturated carbocycles.